The van der Waals surface area contributed by atoms with Gasteiger partial charge in [0.2, 0.25) is 5.95 Å². The predicted octanol–water partition coefficient (Wildman–Crippen LogP) is 2.27. The van der Waals surface area contributed by atoms with Gasteiger partial charge in [0.25, 0.3) is 0 Å². The van der Waals surface area contributed by atoms with E-state index in [0.29, 0.717) is 16.5 Å². The van der Waals surface area contributed by atoms with Crippen LogP contribution in [0.3, 0.4) is 0 Å². The SMILES string of the molecule is O=C(/C=C\Nc1ncn[nH]1)c1ccc(Cl)cc1. The van der Waals surface area contributed by atoms with E-state index in [1.54, 1.807) is 24.3 Å². The fraction of sp³-hybridized carbons (Fsp3) is 0. The van der Waals surface area contributed by atoms with Crippen LogP contribution in [0.25, 0.3) is 0 Å². The van der Waals surface area contributed by atoms with Gasteiger partial charge in [-0.05, 0) is 24.3 Å². The van der Waals surface area contributed by atoms with Crippen LogP contribution in [0.2, 0.25) is 5.02 Å². The first-order valence-electron chi connectivity index (χ1n) is 4.84. The molecule has 0 spiro atoms. The van der Waals surface area contributed by atoms with Crippen LogP contribution < -0.4 is 5.32 Å². The zero-order chi connectivity index (χ0) is 12.1. The molecule has 0 atom stereocenters. The molecule has 0 saturated heterocycles. The van der Waals surface area contributed by atoms with Gasteiger partial charge in [-0.15, -0.1) is 0 Å². The summed E-state index contributed by atoms with van der Waals surface area (Å²) in [5.74, 6) is 0.360. The number of benzene rings is 1. The van der Waals surface area contributed by atoms with Gasteiger partial charge in [0.15, 0.2) is 5.78 Å². The van der Waals surface area contributed by atoms with Crippen molar-refractivity contribution in [2.24, 2.45) is 0 Å². The molecule has 0 saturated carbocycles. The third kappa shape index (κ3) is 3.15. The predicted molar refractivity (Wildman–Crippen MR) is 64.9 cm³/mol. The van der Waals surface area contributed by atoms with E-state index in [2.05, 4.69) is 20.5 Å². The Morgan fingerprint density at radius 1 is 1.35 bits per heavy atom. The number of ketones is 1. The Labute approximate surface area is 103 Å². The molecule has 2 aromatic rings. The van der Waals surface area contributed by atoms with Crippen molar-refractivity contribution in [3.05, 3.63) is 53.5 Å². The van der Waals surface area contributed by atoms with Gasteiger partial charge in [-0.3, -0.25) is 4.79 Å². The van der Waals surface area contributed by atoms with E-state index < -0.39 is 0 Å². The van der Waals surface area contributed by atoms with Gasteiger partial charge < -0.3 is 5.32 Å². The van der Waals surface area contributed by atoms with E-state index in [1.165, 1.54) is 18.6 Å². The lowest BCUT2D eigenvalue weighted by atomic mass is 10.1. The Kier molecular flexibility index (Phi) is 3.52. The Bertz CT molecular complexity index is 519. The van der Waals surface area contributed by atoms with Crippen molar-refractivity contribution < 1.29 is 4.79 Å². The summed E-state index contributed by atoms with van der Waals surface area (Å²) >= 11 is 5.73. The van der Waals surface area contributed by atoms with Crippen molar-refractivity contribution in [1.29, 1.82) is 0 Å². The van der Waals surface area contributed by atoms with Gasteiger partial charge in [-0.1, -0.05) is 11.6 Å². The molecule has 6 heteroatoms. The van der Waals surface area contributed by atoms with Gasteiger partial charge in [-0.25, -0.2) is 5.10 Å². The lowest BCUT2D eigenvalue weighted by Crippen LogP contribution is -1.96. The second-order valence-corrected chi connectivity index (χ2v) is 3.62. The van der Waals surface area contributed by atoms with Gasteiger partial charge >= 0.3 is 0 Å². The zero-order valence-corrected chi connectivity index (χ0v) is 9.48. The van der Waals surface area contributed by atoms with Crippen LogP contribution in [0, 0.1) is 0 Å². The molecular formula is C11H9ClN4O. The van der Waals surface area contributed by atoms with E-state index in [4.69, 9.17) is 11.6 Å². The van der Waals surface area contributed by atoms with E-state index in [1.807, 2.05) is 0 Å². The zero-order valence-electron chi connectivity index (χ0n) is 8.72. The number of aromatic nitrogens is 3. The first kappa shape index (κ1) is 11.3. The Hall–Kier alpha value is -2.14. The second-order valence-electron chi connectivity index (χ2n) is 3.18. The normalized spacial score (nSPS) is 10.6. The topological polar surface area (TPSA) is 70.7 Å². The number of H-pyrrole nitrogens is 1. The molecule has 0 bridgehead atoms. The van der Waals surface area contributed by atoms with Crippen LogP contribution in [-0.4, -0.2) is 21.0 Å². The molecule has 5 nitrogen and oxygen atoms in total. The van der Waals surface area contributed by atoms with Crippen molar-refractivity contribution in [2.45, 2.75) is 0 Å². The number of allylic oxidation sites excluding steroid dienone is 1. The fourth-order valence-corrected chi connectivity index (χ4v) is 1.31. The number of anilines is 1. The molecule has 2 N–H and O–H groups in total. The summed E-state index contributed by atoms with van der Waals surface area (Å²) in [7, 11) is 0. The largest absolute Gasteiger partial charge is 0.331 e. The molecule has 1 aromatic carbocycles. The van der Waals surface area contributed by atoms with E-state index in [0.717, 1.165) is 0 Å². The summed E-state index contributed by atoms with van der Waals surface area (Å²) in [5.41, 5.74) is 0.574. The van der Waals surface area contributed by atoms with Crippen LogP contribution in [0.15, 0.2) is 42.9 Å². The smallest absolute Gasteiger partial charge is 0.222 e. The minimum Gasteiger partial charge on any atom is -0.331 e. The lowest BCUT2D eigenvalue weighted by molar-refractivity contribution is 0.104. The van der Waals surface area contributed by atoms with Gasteiger partial charge in [-0.2, -0.15) is 10.1 Å². The van der Waals surface area contributed by atoms with Gasteiger partial charge in [0.1, 0.15) is 6.33 Å². The average molecular weight is 249 g/mol. The summed E-state index contributed by atoms with van der Waals surface area (Å²) in [4.78, 5) is 15.5. The average Bonchev–Trinajstić information content (AvgIpc) is 2.83. The fourth-order valence-electron chi connectivity index (χ4n) is 1.18. The maximum absolute atomic E-state index is 11.7. The molecule has 0 aliphatic carbocycles. The van der Waals surface area contributed by atoms with Crippen molar-refractivity contribution >= 4 is 23.3 Å². The lowest BCUT2D eigenvalue weighted by Gasteiger charge is -1.96. The molecule has 1 heterocycles. The van der Waals surface area contributed by atoms with Crippen molar-refractivity contribution in [3.8, 4) is 0 Å². The molecule has 1 aromatic heterocycles. The second kappa shape index (κ2) is 5.27. The molecule has 0 radical (unpaired) electrons. The quantitative estimate of drug-likeness (QED) is 0.643. The highest BCUT2D eigenvalue weighted by Crippen LogP contribution is 2.10. The molecule has 0 aliphatic heterocycles. The summed E-state index contributed by atoms with van der Waals surface area (Å²) in [6, 6.07) is 6.69. The summed E-state index contributed by atoms with van der Waals surface area (Å²) < 4.78 is 0. The van der Waals surface area contributed by atoms with E-state index in [9.17, 15) is 4.79 Å². The van der Waals surface area contributed by atoms with Gasteiger partial charge in [0, 0.05) is 22.9 Å². The molecular weight excluding hydrogens is 240 g/mol. The van der Waals surface area contributed by atoms with Crippen LogP contribution in [0.5, 0.6) is 0 Å². The molecule has 0 unspecified atom stereocenters. The summed E-state index contributed by atoms with van der Waals surface area (Å²) in [6.07, 6.45) is 4.28. The first-order chi connectivity index (χ1) is 8.25. The minimum absolute atomic E-state index is 0.117. The Balaban J connectivity index is 1.97. The summed E-state index contributed by atoms with van der Waals surface area (Å²) in [5, 5.41) is 9.64. The Morgan fingerprint density at radius 2 is 2.12 bits per heavy atom. The maximum Gasteiger partial charge on any atom is 0.222 e. The molecule has 17 heavy (non-hydrogen) atoms. The highest BCUT2D eigenvalue weighted by Gasteiger charge is 2.00. The Morgan fingerprint density at radius 3 is 2.76 bits per heavy atom. The molecule has 0 aliphatic rings. The van der Waals surface area contributed by atoms with Crippen molar-refractivity contribution in [2.75, 3.05) is 5.32 Å². The number of halogens is 1. The van der Waals surface area contributed by atoms with Gasteiger partial charge in [0.05, 0.1) is 0 Å². The highest BCUT2D eigenvalue weighted by molar-refractivity contribution is 6.30. The summed E-state index contributed by atoms with van der Waals surface area (Å²) in [6.45, 7) is 0. The molecule has 2 rings (SSSR count). The third-order valence-corrected chi connectivity index (χ3v) is 2.25. The van der Waals surface area contributed by atoms with Crippen LogP contribution in [-0.2, 0) is 0 Å². The number of nitrogens with zero attached hydrogens (tertiary/aromatic N) is 2. The minimum atomic E-state index is -0.117. The number of aromatic amines is 1. The maximum atomic E-state index is 11.7. The number of carbonyl (C=O) groups is 1. The first-order valence-corrected chi connectivity index (χ1v) is 5.22. The monoisotopic (exact) mass is 248 g/mol. The number of hydrogen-bond acceptors (Lipinski definition) is 4. The van der Waals surface area contributed by atoms with Crippen molar-refractivity contribution in [1.82, 2.24) is 15.2 Å². The third-order valence-electron chi connectivity index (χ3n) is 2.00. The highest BCUT2D eigenvalue weighted by atomic mass is 35.5. The van der Waals surface area contributed by atoms with Crippen LogP contribution in [0.1, 0.15) is 10.4 Å². The number of rotatable bonds is 4. The van der Waals surface area contributed by atoms with Crippen molar-refractivity contribution in [3.63, 3.8) is 0 Å². The molecule has 86 valence electrons. The number of nitrogens with one attached hydrogen (secondary N) is 2. The molecule has 0 amide bonds. The van der Waals surface area contributed by atoms with Crippen LogP contribution >= 0.6 is 11.6 Å². The number of hydrogen-bond donors (Lipinski definition) is 2. The standard InChI is InChI=1S/C11H9ClN4O/c12-9-3-1-8(2-4-9)10(17)5-6-13-11-14-7-15-16-11/h1-7H,(H2,13,14,15,16)/b6-5-. The van der Waals surface area contributed by atoms with E-state index >= 15 is 0 Å². The number of carbonyl (C=O) groups excluding carboxylic acids is 1. The van der Waals surface area contributed by atoms with E-state index in [-0.39, 0.29) is 5.78 Å². The molecule has 0 fully saturated rings. The van der Waals surface area contributed by atoms with Crippen LogP contribution in [0.4, 0.5) is 5.95 Å².